The molecule has 1 atom stereocenters. The fourth-order valence-corrected chi connectivity index (χ4v) is 2.98. The fourth-order valence-electron chi connectivity index (χ4n) is 2.78. The van der Waals surface area contributed by atoms with Crippen LogP contribution in [0.5, 0.6) is 0 Å². The van der Waals surface area contributed by atoms with Gasteiger partial charge in [0.2, 0.25) is 0 Å². The number of amides is 1. The van der Waals surface area contributed by atoms with E-state index in [4.69, 9.17) is 11.6 Å². The van der Waals surface area contributed by atoms with Crippen LogP contribution in [0.1, 0.15) is 37.0 Å². The summed E-state index contributed by atoms with van der Waals surface area (Å²) in [7, 11) is 0. The van der Waals surface area contributed by atoms with Gasteiger partial charge in [0.1, 0.15) is 11.2 Å². The first kappa shape index (κ1) is 14.8. The number of carboxylic acid groups (broad SMARTS) is 1. The molecule has 1 unspecified atom stereocenters. The average Bonchev–Trinajstić information content (AvgIpc) is 2.36. The van der Waals surface area contributed by atoms with Gasteiger partial charge in [-0.1, -0.05) is 25.4 Å². The molecule has 1 aliphatic heterocycles. The average molecular weight is 297 g/mol. The Balaban J connectivity index is 2.37. The Kier molecular flexibility index (Phi) is 3.99. The van der Waals surface area contributed by atoms with E-state index in [9.17, 15) is 14.7 Å². The summed E-state index contributed by atoms with van der Waals surface area (Å²) >= 11 is 5.93. The number of rotatable bonds is 2. The van der Waals surface area contributed by atoms with E-state index < -0.39 is 17.4 Å². The number of carbonyl (C=O) groups is 2. The first-order chi connectivity index (χ1) is 9.34. The number of aliphatic carboxylic acids is 1. The number of likely N-dealkylation sites (tertiary alicyclic amines) is 1. The molecule has 1 aliphatic rings. The summed E-state index contributed by atoms with van der Waals surface area (Å²) in [6.45, 7) is 4.16. The maximum Gasteiger partial charge on any atom is 0.326 e. The van der Waals surface area contributed by atoms with E-state index >= 15 is 0 Å². The van der Waals surface area contributed by atoms with Crippen molar-refractivity contribution in [3.8, 4) is 0 Å². The number of carboxylic acids is 1. The third kappa shape index (κ3) is 2.63. The van der Waals surface area contributed by atoms with E-state index in [1.54, 1.807) is 12.1 Å². The number of hydrogen-bond donors (Lipinski definition) is 1. The summed E-state index contributed by atoms with van der Waals surface area (Å²) in [4.78, 5) is 29.4. The molecule has 1 aromatic rings. The first-order valence-electron chi connectivity index (χ1n) is 6.49. The third-order valence-electron chi connectivity index (χ3n) is 3.76. The molecule has 5 nitrogen and oxygen atoms in total. The molecule has 1 aromatic heterocycles. The number of pyridine rings is 1. The Bertz CT molecular complexity index is 545. The monoisotopic (exact) mass is 296 g/mol. The van der Waals surface area contributed by atoms with Crippen LogP contribution >= 0.6 is 11.6 Å². The number of carbonyl (C=O) groups excluding carboxylic acids is 1. The van der Waals surface area contributed by atoms with E-state index in [1.165, 1.54) is 11.1 Å². The van der Waals surface area contributed by atoms with E-state index in [2.05, 4.69) is 4.98 Å². The highest BCUT2D eigenvalue weighted by atomic mass is 35.5. The number of hydrogen-bond acceptors (Lipinski definition) is 3. The minimum Gasteiger partial charge on any atom is -0.480 e. The third-order valence-corrected chi connectivity index (χ3v) is 4.06. The SMILES string of the molecule is CC1(C)CCCN(C(=O)c2cccnc2Cl)C1C(=O)O. The lowest BCUT2D eigenvalue weighted by Crippen LogP contribution is -2.56. The Morgan fingerprint density at radius 1 is 1.50 bits per heavy atom. The normalized spacial score (nSPS) is 21.6. The Labute approximate surface area is 122 Å². The van der Waals surface area contributed by atoms with Crippen LogP contribution in [0.2, 0.25) is 5.15 Å². The summed E-state index contributed by atoms with van der Waals surface area (Å²) in [5, 5.41) is 9.57. The zero-order valence-corrected chi connectivity index (χ0v) is 12.2. The van der Waals surface area contributed by atoms with Crippen LogP contribution in [-0.2, 0) is 4.79 Å². The predicted molar refractivity (Wildman–Crippen MR) is 74.7 cm³/mol. The van der Waals surface area contributed by atoms with Gasteiger partial charge in [-0.3, -0.25) is 4.79 Å². The summed E-state index contributed by atoms with van der Waals surface area (Å²) in [5.41, 5.74) is -0.216. The molecule has 1 amide bonds. The Morgan fingerprint density at radius 2 is 2.20 bits per heavy atom. The summed E-state index contributed by atoms with van der Waals surface area (Å²) in [5.74, 6) is -1.36. The van der Waals surface area contributed by atoms with Crippen LogP contribution in [0.3, 0.4) is 0 Å². The fraction of sp³-hybridized carbons (Fsp3) is 0.500. The molecule has 20 heavy (non-hydrogen) atoms. The van der Waals surface area contributed by atoms with E-state index in [0.717, 1.165) is 12.8 Å². The molecule has 2 rings (SSSR count). The van der Waals surface area contributed by atoms with Crippen LogP contribution < -0.4 is 0 Å². The minimum absolute atomic E-state index is 0.102. The molecule has 0 aromatic carbocycles. The van der Waals surface area contributed by atoms with Gasteiger partial charge in [-0.25, -0.2) is 9.78 Å². The van der Waals surface area contributed by atoms with Crippen LogP contribution in [-0.4, -0.2) is 39.5 Å². The molecule has 0 bridgehead atoms. The second kappa shape index (κ2) is 5.40. The number of piperidine rings is 1. The van der Waals surface area contributed by atoms with Crippen LogP contribution in [0.25, 0.3) is 0 Å². The highest BCUT2D eigenvalue weighted by molar-refractivity contribution is 6.32. The molecule has 0 aliphatic carbocycles. The predicted octanol–water partition coefficient (Wildman–Crippen LogP) is 2.45. The van der Waals surface area contributed by atoms with Gasteiger partial charge in [0.15, 0.2) is 0 Å². The molecule has 1 N–H and O–H groups in total. The molecule has 1 fully saturated rings. The number of halogens is 1. The maximum absolute atomic E-state index is 12.6. The molecule has 0 spiro atoms. The van der Waals surface area contributed by atoms with Crippen molar-refractivity contribution in [1.29, 1.82) is 0 Å². The van der Waals surface area contributed by atoms with Crippen molar-refractivity contribution in [2.75, 3.05) is 6.54 Å². The van der Waals surface area contributed by atoms with Crippen molar-refractivity contribution in [2.24, 2.45) is 5.41 Å². The second-order valence-electron chi connectivity index (χ2n) is 5.67. The standard InChI is InChI=1S/C14H17ClN2O3/c1-14(2)6-4-8-17(10(14)13(19)20)12(18)9-5-3-7-16-11(9)15/h3,5,7,10H,4,6,8H2,1-2H3,(H,19,20). The molecule has 2 heterocycles. The largest absolute Gasteiger partial charge is 0.480 e. The Hall–Kier alpha value is -1.62. The number of nitrogens with zero attached hydrogens (tertiary/aromatic N) is 2. The summed E-state index contributed by atoms with van der Waals surface area (Å²) in [6.07, 6.45) is 3.04. The zero-order valence-electron chi connectivity index (χ0n) is 11.5. The van der Waals surface area contributed by atoms with E-state index in [1.807, 2.05) is 13.8 Å². The van der Waals surface area contributed by atoms with E-state index in [-0.39, 0.29) is 16.6 Å². The first-order valence-corrected chi connectivity index (χ1v) is 6.86. The van der Waals surface area contributed by atoms with Gasteiger partial charge in [0, 0.05) is 12.7 Å². The highest BCUT2D eigenvalue weighted by Crippen LogP contribution is 2.36. The molecular weight excluding hydrogens is 280 g/mol. The van der Waals surface area contributed by atoms with Crippen LogP contribution in [0, 0.1) is 5.41 Å². The maximum atomic E-state index is 12.6. The minimum atomic E-state index is -0.983. The van der Waals surface area contributed by atoms with Crippen LogP contribution in [0.4, 0.5) is 0 Å². The van der Waals surface area contributed by atoms with Crippen molar-refractivity contribution in [3.05, 3.63) is 29.0 Å². The van der Waals surface area contributed by atoms with Gasteiger partial charge in [-0.2, -0.15) is 0 Å². The number of aromatic nitrogens is 1. The lowest BCUT2D eigenvalue weighted by molar-refractivity contribution is -0.148. The van der Waals surface area contributed by atoms with Gasteiger partial charge < -0.3 is 10.0 Å². The zero-order chi connectivity index (χ0) is 14.9. The Morgan fingerprint density at radius 3 is 2.80 bits per heavy atom. The molecule has 0 saturated carbocycles. The van der Waals surface area contributed by atoms with Crippen molar-refractivity contribution >= 4 is 23.5 Å². The molecule has 0 radical (unpaired) electrons. The van der Waals surface area contributed by atoms with Gasteiger partial charge in [0.25, 0.3) is 5.91 Å². The van der Waals surface area contributed by atoms with Gasteiger partial charge in [-0.05, 0) is 30.4 Å². The lowest BCUT2D eigenvalue weighted by atomic mass is 9.76. The second-order valence-corrected chi connectivity index (χ2v) is 6.03. The molecule has 6 heteroatoms. The van der Waals surface area contributed by atoms with Crippen molar-refractivity contribution in [2.45, 2.75) is 32.7 Å². The van der Waals surface area contributed by atoms with Crippen molar-refractivity contribution in [1.82, 2.24) is 9.88 Å². The smallest absolute Gasteiger partial charge is 0.326 e. The van der Waals surface area contributed by atoms with Crippen LogP contribution in [0.15, 0.2) is 18.3 Å². The van der Waals surface area contributed by atoms with Crippen molar-refractivity contribution < 1.29 is 14.7 Å². The molecule has 1 saturated heterocycles. The topological polar surface area (TPSA) is 70.5 Å². The lowest BCUT2D eigenvalue weighted by Gasteiger charge is -2.44. The van der Waals surface area contributed by atoms with Gasteiger partial charge in [-0.15, -0.1) is 0 Å². The van der Waals surface area contributed by atoms with Gasteiger partial charge >= 0.3 is 5.97 Å². The summed E-state index contributed by atoms with van der Waals surface area (Å²) < 4.78 is 0. The molecular formula is C14H17ClN2O3. The molecule has 108 valence electrons. The highest BCUT2D eigenvalue weighted by Gasteiger charge is 2.44. The van der Waals surface area contributed by atoms with Crippen molar-refractivity contribution in [3.63, 3.8) is 0 Å². The summed E-state index contributed by atoms with van der Waals surface area (Å²) in [6, 6.07) is 2.34. The van der Waals surface area contributed by atoms with E-state index in [0.29, 0.717) is 6.54 Å². The quantitative estimate of drug-likeness (QED) is 0.851. The van der Waals surface area contributed by atoms with Gasteiger partial charge in [0.05, 0.1) is 5.56 Å².